The molecule has 1 saturated heterocycles. The van der Waals surface area contributed by atoms with E-state index >= 15 is 0 Å². The Bertz CT molecular complexity index is 981. The van der Waals surface area contributed by atoms with Crippen molar-refractivity contribution in [3.8, 4) is 5.75 Å². The number of hydrogen-bond acceptors (Lipinski definition) is 4. The zero-order chi connectivity index (χ0) is 21.5. The summed E-state index contributed by atoms with van der Waals surface area (Å²) in [6.45, 7) is 4.57. The number of amides is 1. The van der Waals surface area contributed by atoms with Gasteiger partial charge in [-0.2, -0.15) is 0 Å². The van der Waals surface area contributed by atoms with Crippen molar-refractivity contribution >= 4 is 17.3 Å². The summed E-state index contributed by atoms with van der Waals surface area (Å²) in [5.41, 5.74) is 4.52. The normalized spacial score (nSPS) is 13.7. The number of para-hydroxylation sites is 2. The average Bonchev–Trinajstić information content (AvgIpc) is 2.84. The van der Waals surface area contributed by atoms with E-state index in [4.69, 9.17) is 4.74 Å². The number of methoxy groups -OCH3 is 1. The maximum absolute atomic E-state index is 12.3. The molecular weight excluding hydrogens is 386 g/mol. The van der Waals surface area contributed by atoms with E-state index in [9.17, 15) is 4.79 Å². The molecule has 5 nitrogen and oxygen atoms in total. The van der Waals surface area contributed by atoms with E-state index in [2.05, 4.69) is 69.7 Å². The van der Waals surface area contributed by atoms with Gasteiger partial charge in [0.2, 0.25) is 5.91 Å². The number of hydrogen-bond donors (Lipinski definition) is 1. The molecule has 0 saturated carbocycles. The number of rotatable bonds is 7. The van der Waals surface area contributed by atoms with E-state index in [1.54, 1.807) is 7.11 Å². The van der Waals surface area contributed by atoms with Crippen LogP contribution in [-0.2, 0) is 17.8 Å². The first-order chi connectivity index (χ1) is 15.2. The second kappa shape index (κ2) is 10.0. The molecule has 5 heteroatoms. The first kappa shape index (κ1) is 20.8. The average molecular weight is 416 g/mol. The SMILES string of the molecule is COc1ccccc1CC(=O)NCc1ccc(N2CCN(c3ccccc3)CC2)cc1. The molecule has 1 aliphatic heterocycles. The van der Waals surface area contributed by atoms with Gasteiger partial charge in [-0.05, 0) is 35.9 Å². The highest BCUT2D eigenvalue weighted by Gasteiger charge is 2.17. The molecule has 1 N–H and O–H groups in total. The van der Waals surface area contributed by atoms with Crippen LogP contribution in [0.15, 0.2) is 78.9 Å². The maximum atomic E-state index is 12.3. The number of nitrogens with one attached hydrogen (secondary N) is 1. The minimum Gasteiger partial charge on any atom is -0.496 e. The van der Waals surface area contributed by atoms with E-state index in [0.29, 0.717) is 13.0 Å². The molecule has 0 atom stereocenters. The van der Waals surface area contributed by atoms with Crippen molar-refractivity contribution in [3.63, 3.8) is 0 Å². The predicted molar refractivity (Wildman–Crippen MR) is 126 cm³/mol. The lowest BCUT2D eigenvalue weighted by molar-refractivity contribution is -0.120. The van der Waals surface area contributed by atoms with Gasteiger partial charge in [0.25, 0.3) is 0 Å². The molecule has 0 bridgehead atoms. The van der Waals surface area contributed by atoms with Gasteiger partial charge in [-0.25, -0.2) is 0 Å². The summed E-state index contributed by atoms with van der Waals surface area (Å²) >= 11 is 0. The van der Waals surface area contributed by atoms with Crippen LogP contribution in [0.3, 0.4) is 0 Å². The quantitative estimate of drug-likeness (QED) is 0.636. The lowest BCUT2D eigenvalue weighted by atomic mass is 10.1. The number of anilines is 2. The molecule has 1 aliphatic rings. The largest absolute Gasteiger partial charge is 0.496 e. The Kier molecular flexibility index (Phi) is 6.72. The van der Waals surface area contributed by atoms with E-state index in [0.717, 1.165) is 43.1 Å². The Labute approximate surface area is 184 Å². The van der Waals surface area contributed by atoms with Crippen LogP contribution in [0.4, 0.5) is 11.4 Å². The smallest absolute Gasteiger partial charge is 0.224 e. The molecule has 31 heavy (non-hydrogen) atoms. The highest BCUT2D eigenvalue weighted by atomic mass is 16.5. The van der Waals surface area contributed by atoms with Crippen LogP contribution in [0.1, 0.15) is 11.1 Å². The molecule has 1 fully saturated rings. The molecule has 0 spiro atoms. The van der Waals surface area contributed by atoms with Crippen molar-refractivity contribution in [1.82, 2.24) is 5.32 Å². The Morgan fingerprint density at radius 3 is 2.03 bits per heavy atom. The predicted octanol–water partition coefficient (Wildman–Crippen LogP) is 3.88. The lowest BCUT2D eigenvalue weighted by Gasteiger charge is -2.37. The Morgan fingerprint density at radius 1 is 0.806 bits per heavy atom. The first-order valence-electron chi connectivity index (χ1n) is 10.8. The minimum atomic E-state index is -0.00869. The van der Waals surface area contributed by atoms with Gasteiger partial charge in [-0.15, -0.1) is 0 Å². The highest BCUT2D eigenvalue weighted by molar-refractivity contribution is 5.79. The maximum Gasteiger partial charge on any atom is 0.224 e. The van der Waals surface area contributed by atoms with Crippen molar-refractivity contribution in [1.29, 1.82) is 0 Å². The monoisotopic (exact) mass is 415 g/mol. The van der Waals surface area contributed by atoms with E-state index in [-0.39, 0.29) is 5.91 Å². The molecule has 0 radical (unpaired) electrons. The van der Waals surface area contributed by atoms with Crippen LogP contribution < -0.4 is 19.9 Å². The van der Waals surface area contributed by atoms with Gasteiger partial charge < -0.3 is 19.9 Å². The van der Waals surface area contributed by atoms with Gasteiger partial charge in [0.1, 0.15) is 5.75 Å². The molecule has 1 heterocycles. The fourth-order valence-corrected chi connectivity index (χ4v) is 3.97. The summed E-state index contributed by atoms with van der Waals surface area (Å²) < 4.78 is 5.32. The number of piperazine rings is 1. The molecule has 1 amide bonds. The summed E-state index contributed by atoms with van der Waals surface area (Å²) in [5, 5.41) is 3.01. The van der Waals surface area contributed by atoms with Gasteiger partial charge in [0.05, 0.1) is 13.5 Å². The Morgan fingerprint density at radius 2 is 1.39 bits per heavy atom. The Balaban J connectivity index is 1.26. The molecule has 0 unspecified atom stereocenters. The van der Waals surface area contributed by atoms with E-state index in [1.165, 1.54) is 11.4 Å². The molecule has 3 aromatic rings. The molecule has 0 aromatic heterocycles. The third-order valence-corrected chi connectivity index (χ3v) is 5.74. The number of nitrogens with zero attached hydrogens (tertiary/aromatic N) is 2. The van der Waals surface area contributed by atoms with Gasteiger partial charge >= 0.3 is 0 Å². The molecular formula is C26H29N3O2. The van der Waals surface area contributed by atoms with Crippen LogP contribution in [-0.4, -0.2) is 39.2 Å². The van der Waals surface area contributed by atoms with Crippen LogP contribution in [0.5, 0.6) is 5.75 Å². The third kappa shape index (κ3) is 5.37. The summed E-state index contributed by atoms with van der Waals surface area (Å²) in [4.78, 5) is 17.2. The highest BCUT2D eigenvalue weighted by Crippen LogP contribution is 2.21. The molecule has 160 valence electrons. The second-order valence-electron chi connectivity index (χ2n) is 7.74. The zero-order valence-corrected chi connectivity index (χ0v) is 18.0. The first-order valence-corrected chi connectivity index (χ1v) is 10.8. The fraction of sp³-hybridized carbons (Fsp3) is 0.269. The van der Waals surface area contributed by atoms with Gasteiger partial charge in [-0.1, -0.05) is 48.5 Å². The summed E-state index contributed by atoms with van der Waals surface area (Å²) in [7, 11) is 1.62. The summed E-state index contributed by atoms with van der Waals surface area (Å²) in [5.74, 6) is 0.736. The van der Waals surface area contributed by atoms with Crippen molar-refractivity contribution in [3.05, 3.63) is 90.0 Å². The fourth-order valence-electron chi connectivity index (χ4n) is 3.97. The van der Waals surface area contributed by atoms with E-state index in [1.807, 2.05) is 24.3 Å². The summed E-state index contributed by atoms with van der Waals surface area (Å²) in [6, 6.07) is 26.7. The van der Waals surface area contributed by atoms with Gasteiger partial charge in [0, 0.05) is 49.7 Å². The van der Waals surface area contributed by atoms with E-state index < -0.39 is 0 Å². The van der Waals surface area contributed by atoms with Crippen molar-refractivity contribution in [2.24, 2.45) is 0 Å². The second-order valence-corrected chi connectivity index (χ2v) is 7.74. The van der Waals surface area contributed by atoms with Gasteiger partial charge in [-0.3, -0.25) is 4.79 Å². The molecule has 3 aromatic carbocycles. The van der Waals surface area contributed by atoms with Gasteiger partial charge in [0.15, 0.2) is 0 Å². The number of carbonyl (C=O) groups excluding carboxylic acids is 1. The topological polar surface area (TPSA) is 44.8 Å². The number of ether oxygens (including phenoxy) is 1. The summed E-state index contributed by atoms with van der Waals surface area (Å²) in [6.07, 6.45) is 0.313. The van der Waals surface area contributed by atoms with Crippen molar-refractivity contribution in [2.45, 2.75) is 13.0 Å². The number of carbonyl (C=O) groups is 1. The molecule has 4 rings (SSSR count). The van der Waals surface area contributed by atoms with Crippen molar-refractivity contribution < 1.29 is 9.53 Å². The van der Waals surface area contributed by atoms with Crippen LogP contribution >= 0.6 is 0 Å². The van der Waals surface area contributed by atoms with Crippen LogP contribution in [0, 0.1) is 0 Å². The van der Waals surface area contributed by atoms with Crippen LogP contribution in [0.2, 0.25) is 0 Å². The van der Waals surface area contributed by atoms with Crippen molar-refractivity contribution in [2.75, 3.05) is 43.1 Å². The zero-order valence-electron chi connectivity index (χ0n) is 18.0. The minimum absolute atomic E-state index is 0.00869. The Hall–Kier alpha value is -3.47. The van der Waals surface area contributed by atoms with Crippen LogP contribution in [0.25, 0.3) is 0 Å². The lowest BCUT2D eigenvalue weighted by Crippen LogP contribution is -2.46. The molecule has 0 aliphatic carbocycles. The third-order valence-electron chi connectivity index (χ3n) is 5.74. The standard InChI is InChI=1S/C26H29N3O2/c1-31-25-10-6-5-7-22(25)19-26(30)27-20-21-11-13-24(14-12-21)29-17-15-28(16-18-29)23-8-3-2-4-9-23/h2-14H,15-20H2,1H3,(H,27,30). The number of benzene rings is 3.